The van der Waals surface area contributed by atoms with Crippen molar-refractivity contribution in [2.45, 2.75) is 32.6 Å². The van der Waals surface area contributed by atoms with Gasteiger partial charge in [0.2, 0.25) is 0 Å². The molecule has 0 saturated carbocycles. The van der Waals surface area contributed by atoms with Gasteiger partial charge in [-0.3, -0.25) is 0 Å². The highest BCUT2D eigenvalue weighted by atomic mass is 16.2. The van der Waals surface area contributed by atoms with E-state index in [0.717, 1.165) is 31.4 Å². The average Bonchev–Trinajstić information content (AvgIpc) is 2.15. The zero-order chi connectivity index (χ0) is 9.68. The number of hydrogen-bond acceptors (Lipinski definition) is 2. The molecule has 1 aliphatic carbocycles. The van der Waals surface area contributed by atoms with Crippen LogP contribution in [0, 0.1) is 0 Å². The summed E-state index contributed by atoms with van der Waals surface area (Å²) >= 11 is 0. The minimum atomic E-state index is -0.599. The van der Waals surface area contributed by atoms with Crippen molar-refractivity contribution in [3.63, 3.8) is 0 Å². The number of amides is 2. The van der Waals surface area contributed by atoms with Crippen molar-refractivity contribution in [1.82, 2.24) is 5.43 Å². The number of hydrogen-bond donors (Lipinski definition) is 2. The molecule has 4 nitrogen and oxygen atoms in total. The van der Waals surface area contributed by atoms with Crippen LogP contribution in [0.15, 0.2) is 16.8 Å². The number of nitrogens with two attached hydrogens (primary N) is 1. The van der Waals surface area contributed by atoms with E-state index in [-0.39, 0.29) is 0 Å². The number of urea groups is 1. The van der Waals surface area contributed by atoms with E-state index in [0.29, 0.717) is 0 Å². The summed E-state index contributed by atoms with van der Waals surface area (Å²) in [6.07, 6.45) is 6.10. The van der Waals surface area contributed by atoms with Crippen molar-refractivity contribution >= 4 is 11.7 Å². The second-order valence-electron chi connectivity index (χ2n) is 3.07. The predicted molar refractivity (Wildman–Crippen MR) is 52.4 cm³/mol. The number of hydrazone groups is 1. The first-order valence-electron chi connectivity index (χ1n) is 4.51. The average molecular weight is 181 g/mol. The summed E-state index contributed by atoms with van der Waals surface area (Å²) in [6, 6.07) is -0.599. The molecule has 0 bridgehead atoms. The maximum atomic E-state index is 10.4. The molecule has 0 atom stereocenters. The van der Waals surface area contributed by atoms with E-state index in [1.807, 2.05) is 0 Å². The third kappa shape index (κ3) is 3.27. The molecule has 3 N–H and O–H groups in total. The molecule has 0 aromatic heterocycles. The van der Waals surface area contributed by atoms with Crippen molar-refractivity contribution in [2.75, 3.05) is 0 Å². The lowest BCUT2D eigenvalue weighted by Crippen LogP contribution is -2.26. The Morgan fingerprint density at radius 3 is 2.92 bits per heavy atom. The molecule has 0 aromatic rings. The molecule has 0 spiro atoms. The van der Waals surface area contributed by atoms with Gasteiger partial charge in [0.1, 0.15) is 0 Å². The summed E-state index contributed by atoms with van der Waals surface area (Å²) in [4.78, 5) is 10.4. The van der Waals surface area contributed by atoms with Gasteiger partial charge in [-0.15, -0.1) is 0 Å². The third-order valence-electron chi connectivity index (χ3n) is 2.14. The molecule has 72 valence electrons. The van der Waals surface area contributed by atoms with Gasteiger partial charge >= 0.3 is 6.03 Å². The first-order valence-corrected chi connectivity index (χ1v) is 4.51. The van der Waals surface area contributed by atoms with Gasteiger partial charge in [0.15, 0.2) is 0 Å². The zero-order valence-corrected chi connectivity index (χ0v) is 7.84. The fourth-order valence-electron chi connectivity index (χ4n) is 1.33. The van der Waals surface area contributed by atoms with E-state index in [1.54, 1.807) is 0 Å². The van der Waals surface area contributed by atoms with E-state index >= 15 is 0 Å². The predicted octanol–water partition coefficient (Wildman–Crippen LogP) is 1.53. The highest BCUT2D eigenvalue weighted by Gasteiger charge is 2.07. The quantitative estimate of drug-likeness (QED) is 0.492. The minimum Gasteiger partial charge on any atom is -0.350 e. The lowest BCUT2D eigenvalue weighted by molar-refractivity contribution is 0.249. The fraction of sp³-hybridized carbons (Fsp3) is 0.556. The SMILES string of the molecule is CCC1=CC/C(=N/NC(N)=O)CC1. The van der Waals surface area contributed by atoms with Crippen LogP contribution in [-0.2, 0) is 0 Å². The Balaban J connectivity index is 2.45. The van der Waals surface area contributed by atoms with Crippen LogP contribution in [0.1, 0.15) is 32.6 Å². The molecule has 13 heavy (non-hydrogen) atoms. The van der Waals surface area contributed by atoms with Gasteiger partial charge in [-0.1, -0.05) is 18.6 Å². The van der Waals surface area contributed by atoms with Crippen LogP contribution in [-0.4, -0.2) is 11.7 Å². The number of primary amides is 1. The van der Waals surface area contributed by atoms with Crippen LogP contribution in [0.25, 0.3) is 0 Å². The summed E-state index contributed by atoms with van der Waals surface area (Å²) < 4.78 is 0. The lowest BCUT2D eigenvalue weighted by Gasteiger charge is -2.12. The number of allylic oxidation sites excluding steroid dienone is 2. The molecule has 0 saturated heterocycles. The first-order chi connectivity index (χ1) is 6.22. The molecule has 1 rings (SSSR count). The van der Waals surface area contributed by atoms with E-state index < -0.39 is 6.03 Å². The monoisotopic (exact) mass is 181 g/mol. The van der Waals surface area contributed by atoms with Gasteiger partial charge in [-0.2, -0.15) is 5.10 Å². The Hall–Kier alpha value is -1.32. The normalized spacial score (nSPS) is 19.8. The second kappa shape index (κ2) is 4.64. The second-order valence-corrected chi connectivity index (χ2v) is 3.07. The van der Waals surface area contributed by atoms with E-state index in [9.17, 15) is 4.79 Å². The maximum Gasteiger partial charge on any atom is 0.332 e. The van der Waals surface area contributed by atoms with Gasteiger partial charge in [-0.25, -0.2) is 10.2 Å². The van der Waals surface area contributed by atoms with Gasteiger partial charge in [0, 0.05) is 12.1 Å². The van der Waals surface area contributed by atoms with Crippen LogP contribution in [0.2, 0.25) is 0 Å². The molecular formula is C9H15N3O. The minimum absolute atomic E-state index is 0.599. The first kappa shape index (κ1) is 9.77. The van der Waals surface area contributed by atoms with E-state index in [2.05, 4.69) is 23.5 Å². The Bertz CT molecular complexity index is 256. The molecule has 0 heterocycles. The van der Waals surface area contributed by atoms with Crippen LogP contribution in [0.4, 0.5) is 4.79 Å². The van der Waals surface area contributed by atoms with Crippen LogP contribution in [0.5, 0.6) is 0 Å². The van der Waals surface area contributed by atoms with Crippen molar-refractivity contribution in [3.05, 3.63) is 11.6 Å². The number of rotatable bonds is 2. The summed E-state index contributed by atoms with van der Waals surface area (Å²) in [5.41, 5.74) is 9.60. The Morgan fingerprint density at radius 1 is 1.69 bits per heavy atom. The molecule has 0 aliphatic heterocycles. The molecule has 1 aliphatic rings. The number of carbonyl (C=O) groups excluding carboxylic acids is 1. The topological polar surface area (TPSA) is 67.5 Å². The highest BCUT2D eigenvalue weighted by Crippen LogP contribution is 2.17. The smallest absolute Gasteiger partial charge is 0.332 e. The van der Waals surface area contributed by atoms with Crippen molar-refractivity contribution in [2.24, 2.45) is 10.8 Å². The standard InChI is InChI=1S/C9H15N3O/c1-2-7-3-5-8(6-4-7)11-12-9(10)13/h3H,2,4-6H2,1H3,(H3,10,12,13)/b11-8-. The van der Waals surface area contributed by atoms with Gasteiger partial charge in [-0.05, 0) is 19.3 Å². The van der Waals surface area contributed by atoms with Crippen LogP contribution < -0.4 is 11.2 Å². The Kier molecular flexibility index (Phi) is 3.49. The maximum absolute atomic E-state index is 10.4. The van der Waals surface area contributed by atoms with Crippen molar-refractivity contribution in [3.8, 4) is 0 Å². The van der Waals surface area contributed by atoms with Crippen molar-refractivity contribution in [1.29, 1.82) is 0 Å². The largest absolute Gasteiger partial charge is 0.350 e. The Morgan fingerprint density at radius 2 is 2.46 bits per heavy atom. The Labute approximate surface area is 77.9 Å². The van der Waals surface area contributed by atoms with Crippen molar-refractivity contribution < 1.29 is 4.79 Å². The number of nitrogens with one attached hydrogen (secondary N) is 1. The number of nitrogens with zero attached hydrogens (tertiary/aromatic N) is 1. The molecule has 0 unspecified atom stereocenters. The summed E-state index contributed by atoms with van der Waals surface area (Å²) in [5, 5.41) is 3.90. The zero-order valence-electron chi connectivity index (χ0n) is 7.84. The molecular weight excluding hydrogens is 166 g/mol. The molecule has 0 aromatic carbocycles. The third-order valence-corrected chi connectivity index (χ3v) is 2.14. The lowest BCUT2D eigenvalue weighted by atomic mass is 9.96. The fourth-order valence-corrected chi connectivity index (χ4v) is 1.33. The summed E-state index contributed by atoms with van der Waals surface area (Å²) in [6.45, 7) is 2.15. The molecule has 2 amide bonds. The van der Waals surface area contributed by atoms with E-state index in [1.165, 1.54) is 5.57 Å². The highest BCUT2D eigenvalue weighted by molar-refractivity contribution is 5.88. The number of carbonyl (C=O) groups is 1. The molecule has 0 radical (unpaired) electrons. The van der Waals surface area contributed by atoms with Gasteiger partial charge in [0.25, 0.3) is 0 Å². The molecule has 4 heteroatoms. The molecule has 0 fully saturated rings. The van der Waals surface area contributed by atoms with Crippen LogP contribution >= 0.6 is 0 Å². The van der Waals surface area contributed by atoms with Gasteiger partial charge < -0.3 is 5.73 Å². The van der Waals surface area contributed by atoms with E-state index in [4.69, 9.17) is 5.73 Å². The van der Waals surface area contributed by atoms with Gasteiger partial charge in [0.05, 0.1) is 0 Å². The van der Waals surface area contributed by atoms with Crippen LogP contribution in [0.3, 0.4) is 0 Å². The summed E-state index contributed by atoms with van der Waals surface area (Å²) in [5.74, 6) is 0. The summed E-state index contributed by atoms with van der Waals surface area (Å²) in [7, 11) is 0.